The van der Waals surface area contributed by atoms with Gasteiger partial charge in [0.05, 0.1) is 6.61 Å². The van der Waals surface area contributed by atoms with E-state index in [0.29, 0.717) is 17.6 Å². The molecule has 1 heterocycles. The molecule has 1 unspecified atom stereocenters. The van der Waals surface area contributed by atoms with Gasteiger partial charge in [-0.2, -0.15) is 0 Å². The summed E-state index contributed by atoms with van der Waals surface area (Å²) in [5, 5.41) is 0.688. The maximum atomic E-state index is 6.09. The lowest BCUT2D eigenvalue weighted by molar-refractivity contribution is 0.233. The van der Waals surface area contributed by atoms with E-state index in [2.05, 4.69) is 11.9 Å². The third-order valence-electron chi connectivity index (χ3n) is 3.64. The second kappa shape index (κ2) is 6.41. The predicted molar refractivity (Wildman–Crippen MR) is 75.1 cm³/mol. The quantitative estimate of drug-likeness (QED) is 0.892. The first-order chi connectivity index (χ1) is 8.70. The zero-order valence-electron chi connectivity index (χ0n) is 10.9. The van der Waals surface area contributed by atoms with Crippen LogP contribution in [0.15, 0.2) is 18.2 Å². The van der Waals surface area contributed by atoms with Gasteiger partial charge in [0.15, 0.2) is 0 Å². The highest BCUT2D eigenvalue weighted by molar-refractivity contribution is 6.31. The maximum Gasteiger partial charge on any atom is 0.120 e. The highest BCUT2D eigenvalue weighted by Gasteiger charge is 2.20. The van der Waals surface area contributed by atoms with E-state index in [9.17, 15) is 0 Å². The van der Waals surface area contributed by atoms with Gasteiger partial charge in [-0.1, -0.05) is 17.7 Å². The van der Waals surface area contributed by atoms with E-state index in [1.807, 2.05) is 18.2 Å². The van der Waals surface area contributed by atoms with E-state index in [1.54, 1.807) is 0 Å². The van der Waals surface area contributed by atoms with Crippen LogP contribution in [0.25, 0.3) is 0 Å². The molecule has 2 rings (SSSR count). The van der Waals surface area contributed by atoms with Gasteiger partial charge in [0.1, 0.15) is 5.75 Å². The highest BCUT2D eigenvalue weighted by Crippen LogP contribution is 2.23. The molecular formula is C14H21ClN2O. The molecule has 0 saturated carbocycles. The summed E-state index contributed by atoms with van der Waals surface area (Å²) in [4.78, 5) is 2.41. The number of hydrogen-bond donors (Lipinski definition) is 1. The van der Waals surface area contributed by atoms with Crippen molar-refractivity contribution in [3.05, 3.63) is 28.8 Å². The fourth-order valence-corrected chi connectivity index (χ4v) is 2.69. The second-order valence-electron chi connectivity index (χ2n) is 4.87. The summed E-state index contributed by atoms with van der Waals surface area (Å²) in [7, 11) is 2.19. The first kappa shape index (κ1) is 13.7. The number of nitrogens with two attached hydrogens (primary N) is 1. The Morgan fingerprint density at radius 1 is 1.50 bits per heavy atom. The lowest BCUT2D eigenvalue weighted by Crippen LogP contribution is -2.26. The molecule has 1 atom stereocenters. The normalized spacial score (nSPS) is 20.3. The second-order valence-corrected chi connectivity index (χ2v) is 5.28. The summed E-state index contributed by atoms with van der Waals surface area (Å²) in [5.41, 5.74) is 6.53. The number of likely N-dealkylation sites (tertiary alicyclic amines) is 1. The standard InChI is InChI=1S/C14H21ClN2O/c1-17-7-2-3-12(17)6-8-18-13-5-4-11(10-16)14(15)9-13/h4-5,9,12H,2-3,6-8,10,16H2,1H3. The molecule has 1 aromatic carbocycles. The molecule has 2 N–H and O–H groups in total. The van der Waals surface area contributed by atoms with Gasteiger partial charge in [-0.25, -0.2) is 0 Å². The van der Waals surface area contributed by atoms with E-state index >= 15 is 0 Å². The molecule has 0 amide bonds. The molecule has 3 nitrogen and oxygen atoms in total. The molecule has 100 valence electrons. The first-order valence-corrected chi connectivity index (χ1v) is 6.90. The summed E-state index contributed by atoms with van der Waals surface area (Å²) in [6.45, 7) is 2.42. The van der Waals surface area contributed by atoms with Crippen molar-refractivity contribution in [3.8, 4) is 5.75 Å². The number of halogens is 1. The van der Waals surface area contributed by atoms with Gasteiger partial charge in [-0.15, -0.1) is 0 Å². The zero-order valence-corrected chi connectivity index (χ0v) is 11.6. The molecule has 0 aliphatic carbocycles. The van der Waals surface area contributed by atoms with Crippen molar-refractivity contribution in [2.75, 3.05) is 20.2 Å². The van der Waals surface area contributed by atoms with Gasteiger partial charge in [0, 0.05) is 17.6 Å². The van der Waals surface area contributed by atoms with E-state index in [-0.39, 0.29) is 0 Å². The fraction of sp³-hybridized carbons (Fsp3) is 0.571. The molecule has 1 aliphatic heterocycles. The van der Waals surface area contributed by atoms with Crippen molar-refractivity contribution in [3.63, 3.8) is 0 Å². The van der Waals surface area contributed by atoms with Crippen LogP contribution in [0.2, 0.25) is 5.02 Å². The summed E-state index contributed by atoms with van der Waals surface area (Å²) in [6, 6.07) is 6.39. The molecule has 1 aromatic rings. The number of ether oxygens (including phenoxy) is 1. The zero-order chi connectivity index (χ0) is 13.0. The Hall–Kier alpha value is -0.770. The Bertz CT molecular complexity index is 397. The predicted octanol–water partition coefficient (Wildman–Crippen LogP) is 2.66. The molecule has 0 spiro atoms. The minimum atomic E-state index is 0.464. The topological polar surface area (TPSA) is 38.5 Å². The van der Waals surface area contributed by atoms with Crippen LogP contribution in [0.3, 0.4) is 0 Å². The Kier molecular flexibility index (Phi) is 4.87. The molecule has 1 aliphatic rings. The molecule has 1 fully saturated rings. The van der Waals surface area contributed by atoms with Crippen molar-refractivity contribution in [2.24, 2.45) is 5.73 Å². The maximum absolute atomic E-state index is 6.09. The van der Waals surface area contributed by atoms with Gasteiger partial charge in [0.25, 0.3) is 0 Å². The van der Waals surface area contributed by atoms with Gasteiger partial charge >= 0.3 is 0 Å². The summed E-state index contributed by atoms with van der Waals surface area (Å²) in [6.07, 6.45) is 3.66. The Labute approximate surface area is 114 Å². The van der Waals surface area contributed by atoms with Gasteiger partial charge in [0.2, 0.25) is 0 Å². The fourth-order valence-electron chi connectivity index (χ4n) is 2.44. The van der Waals surface area contributed by atoms with Gasteiger partial charge in [-0.05, 0) is 50.6 Å². The lowest BCUT2D eigenvalue weighted by atomic mass is 10.1. The smallest absolute Gasteiger partial charge is 0.120 e. The molecule has 4 heteroatoms. The molecule has 0 radical (unpaired) electrons. The van der Waals surface area contributed by atoms with Crippen molar-refractivity contribution in [2.45, 2.75) is 31.8 Å². The molecule has 0 aromatic heterocycles. The summed E-state index contributed by atoms with van der Waals surface area (Å²) in [5.74, 6) is 0.831. The van der Waals surface area contributed by atoms with Crippen LogP contribution in [-0.4, -0.2) is 31.1 Å². The Morgan fingerprint density at radius 2 is 2.33 bits per heavy atom. The molecule has 0 bridgehead atoms. The Morgan fingerprint density at radius 3 is 2.94 bits per heavy atom. The van der Waals surface area contributed by atoms with E-state index in [1.165, 1.54) is 19.4 Å². The molecule has 1 saturated heterocycles. The first-order valence-electron chi connectivity index (χ1n) is 6.52. The largest absolute Gasteiger partial charge is 0.493 e. The van der Waals surface area contributed by atoms with Crippen LogP contribution in [0.4, 0.5) is 0 Å². The Balaban J connectivity index is 1.81. The number of hydrogen-bond acceptors (Lipinski definition) is 3. The van der Waals surface area contributed by atoms with Crippen LogP contribution < -0.4 is 10.5 Å². The van der Waals surface area contributed by atoms with E-state index in [0.717, 1.165) is 24.3 Å². The summed E-state index contributed by atoms with van der Waals surface area (Å²) >= 11 is 6.09. The van der Waals surface area contributed by atoms with Crippen LogP contribution in [0, 0.1) is 0 Å². The van der Waals surface area contributed by atoms with Crippen LogP contribution in [-0.2, 0) is 6.54 Å². The monoisotopic (exact) mass is 268 g/mol. The highest BCUT2D eigenvalue weighted by atomic mass is 35.5. The SMILES string of the molecule is CN1CCCC1CCOc1ccc(CN)c(Cl)c1. The van der Waals surface area contributed by atoms with Gasteiger partial charge in [-0.3, -0.25) is 0 Å². The average molecular weight is 269 g/mol. The van der Waals surface area contributed by atoms with Crippen molar-refractivity contribution in [1.29, 1.82) is 0 Å². The summed E-state index contributed by atoms with van der Waals surface area (Å²) < 4.78 is 5.74. The molecule has 18 heavy (non-hydrogen) atoms. The van der Waals surface area contributed by atoms with Crippen LogP contribution in [0.1, 0.15) is 24.8 Å². The van der Waals surface area contributed by atoms with Crippen molar-refractivity contribution in [1.82, 2.24) is 4.90 Å². The minimum Gasteiger partial charge on any atom is -0.493 e. The van der Waals surface area contributed by atoms with Crippen LogP contribution in [0.5, 0.6) is 5.75 Å². The van der Waals surface area contributed by atoms with Crippen LogP contribution >= 0.6 is 11.6 Å². The van der Waals surface area contributed by atoms with Crippen molar-refractivity contribution >= 4 is 11.6 Å². The van der Waals surface area contributed by atoms with E-state index in [4.69, 9.17) is 22.1 Å². The van der Waals surface area contributed by atoms with Crippen molar-refractivity contribution < 1.29 is 4.74 Å². The number of nitrogens with zero attached hydrogens (tertiary/aromatic N) is 1. The minimum absolute atomic E-state index is 0.464. The third kappa shape index (κ3) is 3.37. The number of benzene rings is 1. The van der Waals surface area contributed by atoms with Gasteiger partial charge < -0.3 is 15.4 Å². The number of rotatable bonds is 5. The average Bonchev–Trinajstić information content (AvgIpc) is 2.75. The molecular weight excluding hydrogens is 248 g/mol. The van der Waals surface area contributed by atoms with E-state index < -0.39 is 0 Å². The lowest BCUT2D eigenvalue weighted by Gasteiger charge is -2.19. The third-order valence-corrected chi connectivity index (χ3v) is 3.99.